The van der Waals surface area contributed by atoms with Crippen LogP contribution in [0.4, 0.5) is 15.8 Å². The normalized spacial score (nSPS) is 25.7. The van der Waals surface area contributed by atoms with Crippen LogP contribution in [0, 0.1) is 23.1 Å². The Hall–Kier alpha value is -3.48. The van der Waals surface area contributed by atoms with Crippen molar-refractivity contribution in [3.8, 4) is 5.75 Å². The van der Waals surface area contributed by atoms with Crippen molar-refractivity contribution in [2.75, 3.05) is 16.9 Å². The number of rotatable bonds is 3. The van der Waals surface area contributed by atoms with Crippen LogP contribution in [0.15, 0.2) is 48.5 Å². The van der Waals surface area contributed by atoms with Gasteiger partial charge in [0.25, 0.3) is 0 Å². The number of anilines is 2. The van der Waals surface area contributed by atoms with Crippen molar-refractivity contribution in [3.63, 3.8) is 0 Å². The number of Topliss-reactive ketones (excluding diaryl/α,β-unsaturated/α-hetero) is 1. The van der Waals surface area contributed by atoms with Crippen molar-refractivity contribution in [2.24, 2.45) is 17.3 Å². The molecule has 7 heteroatoms. The van der Waals surface area contributed by atoms with Crippen molar-refractivity contribution in [2.45, 2.75) is 32.9 Å². The molecular formula is C26H25FN2O4. The van der Waals surface area contributed by atoms with E-state index in [0.29, 0.717) is 11.4 Å². The van der Waals surface area contributed by atoms with E-state index in [4.69, 9.17) is 4.74 Å². The maximum atomic E-state index is 13.7. The summed E-state index contributed by atoms with van der Waals surface area (Å²) in [5.41, 5.74) is 1.27. The predicted octanol–water partition coefficient (Wildman–Crippen LogP) is 3.84. The first-order valence-corrected chi connectivity index (χ1v) is 11.0. The lowest BCUT2D eigenvalue weighted by Crippen LogP contribution is -2.51. The summed E-state index contributed by atoms with van der Waals surface area (Å²) in [6.45, 7) is 5.47. The van der Waals surface area contributed by atoms with Crippen LogP contribution in [0.1, 0.15) is 26.3 Å². The molecule has 2 amide bonds. The summed E-state index contributed by atoms with van der Waals surface area (Å²) in [6.07, 6.45) is 3.81. The number of nitrogens with zero attached hydrogens (tertiary/aromatic N) is 2. The molecule has 0 bridgehead atoms. The van der Waals surface area contributed by atoms with Gasteiger partial charge in [-0.3, -0.25) is 14.4 Å². The molecule has 0 aromatic heterocycles. The van der Waals surface area contributed by atoms with E-state index in [1.807, 2.05) is 56.0 Å². The lowest BCUT2D eigenvalue weighted by atomic mass is 9.79. The van der Waals surface area contributed by atoms with Crippen LogP contribution in [-0.2, 0) is 14.4 Å². The van der Waals surface area contributed by atoms with E-state index >= 15 is 0 Å². The van der Waals surface area contributed by atoms with Crippen molar-refractivity contribution < 1.29 is 23.5 Å². The van der Waals surface area contributed by atoms with Gasteiger partial charge in [-0.25, -0.2) is 9.29 Å². The van der Waals surface area contributed by atoms with Crippen molar-refractivity contribution in [1.29, 1.82) is 0 Å². The number of ether oxygens (including phenoxy) is 1. The number of hydrogen-bond donors (Lipinski definition) is 0. The molecule has 170 valence electrons. The summed E-state index contributed by atoms with van der Waals surface area (Å²) in [6, 6.07) is 9.62. The highest BCUT2D eigenvalue weighted by atomic mass is 19.1. The second-order valence-electron chi connectivity index (χ2n) is 9.78. The van der Waals surface area contributed by atoms with Crippen LogP contribution in [0.25, 0.3) is 6.08 Å². The van der Waals surface area contributed by atoms with Gasteiger partial charge in [0, 0.05) is 16.7 Å². The molecule has 3 aliphatic heterocycles. The minimum atomic E-state index is -0.822. The monoisotopic (exact) mass is 448 g/mol. The molecule has 2 aromatic rings. The van der Waals surface area contributed by atoms with Gasteiger partial charge >= 0.3 is 0 Å². The average Bonchev–Trinajstić information content (AvgIpc) is 3.26. The van der Waals surface area contributed by atoms with Gasteiger partial charge in [0.1, 0.15) is 17.6 Å². The standard InChI is InChI=1S/C26H25FN2O4/c1-26(2,3)23(30)22-21-20(24(31)28(25(21)32)16-8-6-15(27)7-9-16)19-11-5-14-13-17(33-4)10-12-18(14)29(19)22/h5-13,19-22H,1-4H3/t19-,20+,21+,22-/m1/s1. The van der Waals surface area contributed by atoms with E-state index in [1.165, 1.54) is 24.3 Å². The Morgan fingerprint density at radius 1 is 1.00 bits per heavy atom. The van der Waals surface area contributed by atoms with E-state index in [2.05, 4.69) is 0 Å². The second-order valence-corrected chi connectivity index (χ2v) is 9.78. The van der Waals surface area contributed by atoms with Gasteiger partial charge in [0.05, 0.1) is 30.7 Å². The average molecular weight is 448 g/mol. The largest absolute Gasteiger partial charge is 0.497 e. The molecule has 2 aromatic carbocycles. The highest BCUT2D eigenvalue weighted by molar-refractivity contribution is 6.25. The number of hydrogen-bond acceptors (Lipinski definition) is 5. The first-order chi connectivity index (χ1) is 15.6. The smallest absolute Gasteiger partial charge is 0.240 e. The zero-order valence-corrected chi connectivity index (χ0v) is 18.9. The molecule has 2 saturated heterocycles. The second kappa shape index (κ2) is 7.27. The summed E-state index contributed by atoms with van der Waals surface area (Å²) >= 11 is 0. The van der Waals surface area contributed by atoms with E-state index in [9.17, 15) is 18.8 Å². The number of fused-ring (bicyclic) bond motifs is 5. The van der Waals surface area contributed by atoms with Gasteiger partial charge in [0.15, 0.2) is 5.78 Å². The van der Waals surface area contributed by atoms with Gasteiger partial charge in [-0.05, 0) is 42.5 Å². The zero-order valence-electron chi connectivity index (χ0n) is 18.9. The number of methoxy groups -OCH3 is 1. The van der Waals surface area contributed by atoms with Crippen molar-refractivity contribution >= 4 is 35.0 Å². The van der Waals surface area contributed by atoms with Gasteiger partial charge in [0.2, 0.25) is 11.8 Å². The molecule has 3 aliphatic rings. The number of carbonyl (C=O) groups is 3. The van der Waals surface area contributed by atoms with E-state index in [-0.39, 0.29) is 11.7 Å². The van der Waals surface area contributed by atoms with Crippen molar-refractivity contribution in [3.05, 3.63) is 59.9 Å². The number of imide groups is 1. The third kappa shape index (κ3) is 3.09. The number of halogens is 1. The molecule has 3 heterocycles. The van der Waals surface area contributed by atoms with Crippen LogP contribution in [0.5, 0.6) is 5.75 Å². The quantitative estimate of drug-likeness (QED) is 0.668. The Morgan fingerprint density at radius 3 is 2.30 bits per heavy atom. The number of ketones is 1. The van der Waals surface area contributed by atoms with Crippen LogP contribution < -0.4 is 14.5 Å². The SMILES string of the molecule is COc1ccc2c(c1)C=C[C@@H]1[C@@H]3C(=O)N(c4ccc(F)cc4)C(=O)[C@@H]3[C@H](C(=O)C(C)(C)C)N21. The highest BCUT2D eigenvalue weighted by Crippen LogP contribution is 2.50. The Bertz CT molecular complexity index is 1200. The molecule has 0 unspecified atom stereocenters. The fraction of sp³-hybridized carbons (Fsp3) is 0.346. The van der Waals surface area contributed by atoms with Gasteiger partial charge in [-0.15, -0.1) is 0 Å². The molecule has 0 aliphatic carbocycles. The first-order valence-electron chi connectivity index (χ1n) is 11.0. The topological polar surface area (TPSA) is 66.9 Å². The summed E-state index contributed by atoms with van der Waals surface area (Å²) in [5.74, 6) is -2.17. The molecule has 6 nitrogen and oxygen atoms in total. The number of amides is 2. The summed E-state index contributed by atoms with van der Waals surface area (Å²) in [4.78, 5) is 44.0. The fourth-order valence-electron chi connectivity index (χ4n) is 5.27. The molecule has 33 heavy (non-hydrogen) atoms. The van der Waals surface area contributed by atoms with E-state index in [1.54, 1.807) is 7.11 Å². The van der Waals surface area contributed by atoms with Crippen molar-refractivity contribution in [1.82, 2.24) is 0 Å². The van der Waals surface area contributed by atoms with Gasteiger partial charge < -0.3 is 9.64 Å². The maximum Gasteiger partial charge on any atom is 0.240 e. The first kappa shape index (κ1) is 21.4. The Kier molecular flexibility index (Phi) is 4.71. The minimum absolute atomic E-state index is 0.0980. The lowest BCUT2D eigenvalue weighted by Gasteiger charge is -2.38. The van der Waals surface area contributed by atoms with Gasteiger partial charge in [-0.2, -0.15) is 0 Å². The fourth-order valence-corrected chi connectivity index (χ4v) is 5.27. The van der Waals surface area contributed by atoms with E-state index in [0.717, 1.165) is 16.2 Å². The summed E-state index contributed by atoms with van der Waals surface area (Å²) < 4.78 is 18.8. The van der Waals surface area contributed by atoms with Crippen LogP contribution in [-0.4, -0.2) is 36.8 Å². The minimum Gasteiger partial charge on any atom is -0.497 e. The summed E-state index contributed by atoms with van der Waals surface area (Å²) in [5, 5.41) is 0. The molecule has 0 radical (unpaired) electrons. The highest BCUT2D eigenvalue weighted by Gasteiger charge is 2.65. The number of benzene rings is 2. The number of carbonyl (C=O) groups excluding carboxylic acids is 3. The molecule has 5 rings (SSSR count). The van der Waals surface area contributed by atoms with Crippen LogP contribution >= 0.6 is 0 Å². The molecule has 0 saturated carbocycles. The van der Waals surface area contributed by atoms with E-state index < -0.39 is 41.1 Å². The molecule has 0 N–H and O–H groups in total. The Morgan fingerprint density at radius 2 is 1.67 bits per heavy atom. The third-order valence-corrected chi connectivity index (χ3v) is 6.81. The van der Waals surface area contributed by atoms with Crippen LogP contribution in [0.2, 0.25) is 0 Å². The molecule has 4 atom stereocenters. The zero-order chi connectivity index (χ0) is 23.7. The lowest BCUT2D eigenvalue weighted by molar-refractivity contribution is -0.132. The molecule has 0 spiro atoms. The predicted molar refractivity (Wildman–Crippen MR) is 122 cm³/mol. The Labute approximate surface area is 191 Å². The molecule has 2 fully saturated rings. The molecular weight excluding hydrogens is 423 g/mol. The van der Waals surface area contributed by atoms with Gasteiger partial charge in [-0.1, -0.05) is 32.9 Å². The van der Waals surface area contributed by atoms with Crippen LogP contribution in [0.3, 0.4) is 0 Å². The Balaban J connectivity index is 1.64. The maximum absolute atomic E-state index is 13.7. The third-order valence-electron chi connectivity index (χ3n) is 6.81. The summed E-state index contributed by atoms with van der Waals surface area (Å²) in [7, 11) is 1.59.